The van der Waals surface area contributed by atoms with E-state index in [1.165, 1.54) is 54.6 Å². The van der Waals surface area contributed by atoms with Gasteiger partial charge in [-0.2, -0.15) is 27.6 Å². The van der Waals surface area contributed by atoms with Gasteiger partial charge >= 0.3 is 17.4 Å². The van der Waals surface area contributed by atoms with E-state index in [1.807, 2.05) is 0 Å². The molecular weight excluding hydrogens is 923 g/mol. The number of carbonyl (C=O) groups is 2. The molecule has 1 atom stereocenters. The summed E-state index contributed by atoms with van der Waals surface area (Å²) in [6.07, 6.45) is 11.3. The molecule has 5 aromatic carbocycles. The first-order chi connectivity index (χ1) is 31.6. The molecule has 8 N–H and O–H groups in total. The number of nitrogens with zero attached hydrogens (tertiary/aromatic N) is 4. The Bertz CT molecular complexity index is 3480. The zero-order valence-electron chi connectivity index (χ0n) is 32.7. The Labute approximate surface area is 377 Å². The van der Waals surface area contributed by atoms with Crippen LogP contribution in [0.15, 0.2) is 106 Å². The molecule has 0 radical (unpaired) electrons. The highest BCUT2D eigenvalue weighted by molar-refractivity contribution is 7.94. The van der Waals surface area contributed by atoms with Gasteiger partial charge in [0.05, 0.1) is 51.4 Å². The van der Waals surface area contributed by atoms with Crippen LogP contribution in [0.25, 0.3) is 22.0 Å². The topological polar surface area (TPSA) is 311 Å². The number of terminal acetylenes is 2. The van der Waals surface area contributed by atoms with Gasteiger partial charge in [-0.25, -0.2) is 5.26 Å². The molecule has 2 aromatic heterocycles. The molecule has 24 heteroatoms. The highest BCUT2D eigenvalue weighted by Crippen LogP contribution is 2.46. The zero-order valence-corrected chi connectivity index (χ0v) is 35.2. The average Bonchev–Trinajstić information content (AvgIpc) is 3.28. The van der Waals surface area contributed by atoms with Crippen molar-refractivity contribution in [1.29, 1.82) is 0 Å². The molecule has 330 valence electrons. The van der Waals surface area contributed by atoms with Gasteiger partial charge in [0.2, 0.25) is 11.9 Å². The summed E-state index contributed by atoms with van der Waals surface area (Å²) in [5.41, 5.74) is -2.38. The number of benzene rings is 5. The second-order valence-electron chi connectivity index (χ2n) is 13.5. The van der Waals surface area contributed by atoms with Crippen LogP contribution < -0.4 is 25.7 Å². The first kappa shape index (κ1) is 44.4. The highest BCUT2D eigenvalue weighted by atomic mass is 32.2. The fourth-order valence-electron chi connectivity index (χ4n) is 7.11. The minimum atomic E-state index is -5.24. The summed E-state index contributed by atoms with van der Waals surface area (Å²) in [5, 5.41) is 42.2. The minimum Gasteiger partial charge on any atom is -0.479 e. The number of carbonyl (C=O) groups excluding carboxylic acids is 2. The Hall–Kier alpha value is -8.17. The number of hydrogen-bond acceptors (Lipinski definition) is 19. The second kappa shape index (κ2) is 17.8. The predicted octanol–water partition coefficient (Wildman–Crippen LogP) is 5.96. The number of aromatic nitrogens is 4. The van der Waals surface area contributed by atoms with Gasteiger partial charge in [0.1, 0.15) is 4.90 Å². The van der Waals surface area contributed by atoms with Gasteiger partial charge in [0, 0.05) is 44.2 Å². The summed E-state index contributed by atoms with van der Waals surface area (Å²) >= 11 is -2.59. The molecule has 66 heavy (non-hydrogen) atoms. The van der Waals surface area contributed by atoms with E-state index in [9.17, 15) is 46.4 Å². The van der Waals surface area contributed by atoms with Crippen molar-refractivity contribution in [1.82, 2.24) is 19.7 Å². The molecule has 1 aliphatic rings. The van der Waals surface area contributed by atoms with Crippen LogP contribution in [0.4, 0.5) is 34.6 Å². The normalized spacial score (nSPS) is 12.1. The van der Waals surface area contributed by atoms with Crippen LogP contribution in [0, 0.1) is 24.7 Å². The molecule has 2 heterocycles. The molecule has 0 spiro atoms. The van der Waals surface area contributed by atoms with E-state index in [1.54, 1.807) is 24.3 Å². The number of hydrogen-bond donors (Lipinski definition) is 8. The summed E-state index contributed by atoms with van der Waals surface area (Å²) in [7, 11) is -5.24. The summed E-state index contributed by atoms with van der Waals surface area (Å²) in [6, 6.07) is 19.6. The minimum absolute atomic E-state index is 0.0118. The lowest BCUT2D eigenvalue weighted by Gasteiger charge is -2.25. The van der Waals surface area contributed by atoms with E-state index in [2.05, 4.69) is 52.1 Å². The third-order valence-corrected chi connectivity index (χ3v) is 11.5. The van der Waals surface area contributed by atoms with Crippen LogP contribution in [0.3, 0.4) is 0 Å². The first-order valence-electron chi connectivity index (χ1n) is 18.3. The van der Waals surface area contributed by atoms with Gasteiger partial charge in [-0.15, -0.1) is 21.9 Å². The molecule has 8 rings (SSSR count). The molecule has 0 fully saturated rings. The lowest BCUT2D eigenvalue weighted by atomic mass is 9.80. The van der Waals surface area contributed by atoms with E-state index in [-0.39, 0.29) is 71.4 Å². The number of aromatic hydroxyl groups is 1. The van der Waals surface area contributed by atoms with E-state index >= 15 is 0 Å². The molecule has 0 saturated heterocycles. The summed E-state index contributed by atoms with van der Waals surface area (Å²) in [6.45, 7) is 0. The summed E-state index contributed by atoms with van der Waals surface area (Å²) < 4.78 is 67.7. The van der Waals surface area contributed by atoms with Crippen LogP contribution in [-0.4, -0.2) is 68.6 Å². The molecule has 0 saturated carbocycles. The van der Waals surface area contributed by atoms with Gasteiger partial charge in [0.25, 0.3) is 15.7 Å². The Morgan fingerprint density at radius 2 is 1.50 bits per heavy atom. The Morgan fingerprint density at radius 3 is 2.17 bits per heavy atom. The van der Waals surface area contributed by atoms with E-state index in [4.69, 9.17) is 22.3 Å². The quantitative estimate of drug-likeness (QED) is 0.00911. The summed E-state index contributed by atoms with van der Waals surface area (Å²) in [5.74, 6) is 1.76. The smallest absolute Gasteiger partial charge is 0.357 e. The standard InChI is InChI=1S/C42H25N7O14S3/c1-3-20-9-7-10-21(4-2)36(20)45-41-46-40(47-42(53)48-41)44-28-18-27(30(61-65(56)57)19-31(28)66(58,59)60)43-26-15-16-29-34-32(24-13-5-6-14-25(24)38(51)33(26)34)35(39(52)49(29)54)37(50)22-11-8-12-23(17-22)64-63-62-55/h1-2,5-19,43,54-55H,(H,56,57)(H,58,59,60)(H3,44,45,46,47,48,53). The largest absolute Gasteiger partial charge is 0.479 e. The molecular formula is C42H25N7O14S3. The Kier molecular flexibility index (Phi) is 12.0. The highest BCUT2D eigenvalue weighted by Gasteiger charge is 2.35. The van der Waals surface area contributed by atoms with Crippen LogP contribution in [0.1, 0.15) is 43.0 Å². The molecule has 0 amide bonds. The third kappa shape index (κ3) is 8.34. The number of anilines is 6. The van der Waals surface area contributed by atoms with Crippen LogP contribution in [0.2, 0.25) is 0 Å². The number of fused-ring (bicyclic) bond motifs is 2. The fraction of sp³-hybridized carbons (Fsp3) is 0. The predicted molar refractivity (Wildman–Crippen MR) is 236 cm³/mol. The monoisotopic (exact) mass is 947 g/mol. The zero-order chi connectivity index (χ0) is 47.0. The van der Waals surface area contributed by atoms with Crippen LogP contribution in [-0.2, 0) is 30.9 Å². The number of rotatable bonds is 14. The fourth-order valence-corrected chi connectivity index (χ4v) is 8.46. The average molecular weight is 948 g/mol. The lowest BCUT2D eigenvalue weighted by molar-refractivity contribution is -0.432. The number of pyridine rings is 1. The van der Waals surface area contributed by atoms with Crippen molar-refractivity contribution >= 4 is 90.6 Å². The van der Waals surface area contributed by atoms with Crippen molar-refractivity contribution in [2.24, 2.45) is 0 Å². The van der Waals surface area contributed by atoms with Crippen molar-refractivity contribution < 1.29 is 60.4 Å². The van der Waals surface area contributed by atoms with Gasteiger partial charge < -0.3 is 30.4 Å². The number of nitrogens with one attached hydrogen (secondary N) is 3. The summed E-state index contributed by atoms with van der Waals surface area (Å²) in [4.78, 5) is 54.0. The SMILES string of the molecule is C#Cc1cccc(C#C)c1Nc1nc(O)nc(Nc2cc(Nc3ccc4c5c3C(=O)c3ccccc3-c5c(C(=O)c3cccc(SOOO)c3)c(=O)n4O)c(OS(=O)O)cc2S(=O)(=O)O)n1. The van der Waals surface area contributed by atoms with Gasteiger partial charge in [-0.3, -0.25) is 23.5 Å². The number of ketones is 2. The van der Waals surface area contributed by atoms with E-state index < -0.39 is 72.5 Å². The van der Waals surface area contributed by atoms with Crippen LogP contribution >= 0.6 is 12.0 Å². The van der Waals surface area contributed by atoms with E-state index in [0.29, 0.717) is 29.2 Å². The van der Waals surface area contributed by atoms with Crippen molar-refractivity contribution in [2.45, 2.75) is 9.79 Å². The maximum atomic E-state index is 14.6. The van der Waals surface area contributed by atoms with Crippen LogP contribution in [0.5, 0.6) is 11.8 Å². The maximum absolute atomic E-state index is 14.6. The molecule has 1 aliphatic carbocycles. The number of para-hydroxylation sites is 1. The molecule has 0 aliphatic heterocycles. The Morgan fingerprint density at radius 1 is 0.818 bits per heavy atom. The van der Waals surface area contributed by atoms with Gasteiger partial charge in [0.15, 0.2) is 17.3 Å². The molecule has 1 unspecified atom stereocenters. The van der Waals surface area contributed by atoms with E-state index in [0.717, 1.165) is 6.07 Å². The molecule has 0 bridgehead atoms. The lowest BCUT2D eigenvalue weighted by Crippen LogP contribution is -2.29. The van der Waals surface area contributed by atoms with Crippen molar-refractivity contribution in [3.8, 4) is 47.6 Å². The first-order valence-corrected chi connectivity index (χ1v) is 21.5. The Balaban J connectivity index is 1.30. The maximum Gasteiger partial charge on any atom is 0.357 e. The third-order valence-electron chi connectivity index (χ3n) is 9.74. The van der Waals surface area contributed by atoms with Gasteiger partial charge in [-0.1, -0.05) is 59.3 Å². The van der Waals surface area contributed by atoms with Crippen molar-refractivity contribution in [2.75, 3.05) is 16.0 Å². The van der Waals surface area contributed by atoms with Gasteiger partial charge in [-0.05, 0) is 48.0 Å². The second-order valence-corrected chi connectivity index (χ2v) is 16.3. The van der Waals surface area contributed by atoms with Crippen molar-refractivity contribution in [3.63, 3.8) is 0 Å². The molecule has 21 nitrogen and oxygen atoms in total. The molecule has 7 aromatic rings. The van der Waals surface area contributed by atoms with Crippen molar-refractivity contribution in [3.05, 3.63) is 135 Å².